The van der Waals surface area contributed by atoms with E-state index in [1.54, 1.807) is 31.5 Å². The van der Waals surface area contributed by atoms with E-state index in [9.17, 15) is 10.1 Å². The summed E-state index contributed by atoms with van der Waals surface area (Å²) in [6.45, 7) is 7.68. The van der Waals surface area contributed by atoms with Crippen LogP contribution in [-0.2, 0) is 14.3 Å². The van der Waals surface area contributed by atoms with Crippen LogP contribution in [0.15, 0.2) is 47.3 Å². The van der Waals surface area contributed by atoms with Gasteiger partial charge in [-0.2, -0.15) is 5.26 Å². The third-order valence-corrected chi connectivity index (χ3v) is 3.64. The second kappa shape index (κ2) is 6.75. The third-order valence-electron chi connectivity index (χ3n) is 3.64. The topological polar surface area (TPSA) is 98.2 Å². The number of carbonyl (C=O) groups excluding carboxylic acids is 1. The summed E-state index contributed by atoms with van der Waals surface area (Å²) in [6, 6.07) is 5.69. The van der Waals surface area contributed by atoms with Gasteiger partial charge in [0.25, 0.3) is 0 Å². The van der Waals surface area contributed by atoms with Crippen molar-refractivity contribution in [3.8, 4) is 6.07 Å². The Morgan fingerprint density at radius 1 is 1.42 bits per heavy atom. The van der Waals surface area contributed by atoms with E-state index in [0.717, 1.165) is 5.56 Å². The lowest BCUT2D eigenvalue weighted by Crippen LogP contribution is -2.30. The summed E-state index contributed by atoms with van der Waals surface area (Å²) in [4.78, 5) is 16.4. The molecule has 2 rings (SSSR count). The Balaban J connectivity index is 2.69. The number of nitrogens with two attached hydrogens (primary N) is 1. The van der Waals surface area contributed by atoms with Crippen molar-refractivity contribution < 1.29 is 14.3 Å². The maximum Gasteiger partial charge on any atom is 0.340 e. The molecule has 0 aliphatic carbocycles. The van der Waals surface area contributed by atoms with Gasteiger partial charge >= 0.3 is 5.97 Å². The third kappa shape index (κ3) is 3.25. The Hall–Kier alpha value is -2.81. The van der Waals surface area contributed by atoms with Crippen molar-refractivity contribution in [1.82, 2.24) is 4.98 Å². The van der Waals surface area contributed by atoms with E-state index in [0.29, 0.717) is 11.3 Å². The number of nitriles is 1. The molecule has 0 saturated carbocycles. The number of carbonyl (C=O) groups is 1. The Kier molecular flexibility index (Phi) is 4.93. The molecule has 1 aliphatic heterocycles. The molecular formula is C18H21N3O3. The lowest BCUT2D eigenvalue weighted by Gasteiger charge is -2.33. The number of hydrogen-bond acceptors (Lipinski definition) is 6. The molecule has 2 heterocycles. The molecule has 0 amide bonds. The largest absolute Gasteiger partial charge is 0.462 e. The van der Waals surface area contributed by atoms with Crippen molar-refractivity contribution in [2.24, 2.45) is 11.1 Å². The van der Waals surface area contributed by atoms with E-state index in [-0.39, 0.29) is 18.1 Å². The zero-order valence-corrected chi connectivity index (χ0v) is 14.3. The molecular weight excluding hydrogens is 306 g/mol. The van der Waals surface area contributed by atoms with Crippen LogP contribution in [0.1, 0.15) is 39.2 Å². The smallest absolute Gasteiger partial charge is 0.340 e. The van der Waals surface area contributed by atoms with Crippen molar-refractivity contribution in [2.45, 2.75) is 33.6 Å². The van der Waals surface area contributed by atoms with Gasteiger partial charge in [0, 0.05) is 17.8 Å². The van der Waals surface area contributed by atoms with Gasteiger partial charge in [-0.15, -0.1) is 0 Å². The predicted octanol–water partition coefficient (Wildman–Crippen LogP) is 2.75. The average Bonchev–Trinajstić information content (AvgIpc) is 2.53. The fraction of sp³-hybridized carbons (Fsp3) is 0.389. The van der Waals surface area contributed by atoms with Crippen LogP contribution in [0.4, 0.5) is 0 Å². The SMILES string of the molecule is CCOC(=O)C1=C(N)OC(C(C)(C)C)=C(C#N)C1c1ccncc1. The van der Waals surface area contributed by atoms with Crippen LogP contribution in [0, 0.1) is 16.7 Å². The summed E-state index contributed by atoms with van der Waals surface area (Å²) in [5, 5.41) is 9.75. The highest BCUT2D eigenvalue weighted by atomic mass is 16.5. The van der Waals surface area contributed by atoms with Crippen molar-refractivity contribution in [3.63, 3.8) is 0 Å². The van der Waals surface area contributed by atoms with E-state index in [4.69, 9.17) is 15.2 Å². The summed E-state index contributed by atoms with van der Waals surface area (Å²) >= 11 is 0. The van der Waals surface area contributed by atoms with Gasteiger partial charge < -0.3 is 15.2 Å². The lowest BCUT2D eigenvalue weighted by atomic mass is 9.78. The zero-order valence-electron chi connectivity index (χ0n) is 14.3. The standard InChI is InChI=1S/C18H21N3O3/c1-5-23-17(22)14-13(11-6-8-21-9-7-11)12(10-19)15(18(2,3)4)24-16(14)20/h6-9,13H,5,20H2,1-4H3. The van der Waals surface area contributed by atoms with Crippen LogP contribution in [-0.4, -0.2) is 17.6 Å². The van der Waals surface area contributed by atoms with Gasteiger partial charge in [0.1, 0.15) is 11.3 Å². The van der Waals surface area contributed by atoms with Crippen LogP contribution in [0.2, 0.25) is 0 Å². The monoisotopic (exact) mass is 327 g/mol. The first-order valence-corrected chi connectivity index (χ1v) is 7.70. The summed E-state index contributed by atoms with van der Waals surface area (Å²) in [6.07, 6.45) is 3.21. The maximum atomic E-state index is 12.4. The molecule has 1 aromatic heterocycles. The number of ether oxygens (including phenoxy) is 2. The normalized spacial score (nSPS) is 18.0. The molecule has 6 nitrogen and oxygen atoms in total. The van der Waals surface area contributed by atoms with Gasteiger partial charge in [0.05, 0.1) is 24.2 Å². The van der Waals surface area contributed by atoms with Crippen molar-refractivity contribution in [2.75, 3.05) is 6.61 Å². The fourth-order valence-corrected chi connectivity index (χ4v) is 2.63. The van der Waals surface area contributed by atoms with Crippen molar-refractivity contribution in [1.29, 1.82) is 5.26 Å². The number of aromatic nitrogens is 1. The van der Waals surface area contributed by atoms with E-state index < -0.39 is 17.3 Å². The molecule has 0 bridgehead atoms. The second-order valence-corrected chi connectivity index (χ2v) is 6.42. The number of rotatable bonds is 3. The van der Waals surface area contributed by atoms with Gasteiger partial charge in [-0.1, -0.05) is 20.8 Å². The Labute approximate surface area is 141 Å². The first kappa shape index (κ1) is 17.5. The minimum Gasteiger partial charge on any atom is -0.462 e. The number of allylic oxidation sites excluding steroid dienone is 2. The lowest BCUT2D eigenvalue weighted by molar-refractivity contribution is -0.139. The van der Waals surface area contributed by atoms with Gasteiger partial charge in [0.2, 0.25) is 5.88 Å². The van der Waals surface area contributed by atoms with Crippen molar-refractivity contribution in [3.05, 3.63) is 52.9 Å². The summed E-state index contributed by atoms with van der Waals surface area (Å²) in [7, 11) is 0. The molecule has 0 saturated heterocycles. The van der Waals surface area contributed by atoms with Crippen LogP contribution in [0.5, 0.6) is 0 Å². The van der Waals surface area contributed by atoms with Gasteiger partial charge in [0.15, 0.2) is 0 Å². The molecule has 1 unspecified atom stereocenters. The van der Waals surface area contributed by atoms with Crippen LogP contribution < -0.4 is 5.73 Å². The van der Waals surface area contributed by atoms with Crippen molar-refractivity contribution >= 4 is 5.97 Å². The summed E-state index contributed by atoms with van der Waals surface area (Å²) < 4.78 is 10.8. The molecule has 0 aromatic carbocycles. The highest BCUT2D eigenvalue weighted by molar-refractivity contribution is 5.92. The van der Waals surface area contributed by atoms with E-state index in [2.05, 4.69) is 11.1 Å². The molecule has 1 atom stereocenters. The van der Waals surface area contributed by atoms with Crippen LogP contribution in [0.25, 0.3) is 0 Å². The molecule has 126 valence electrons. The first-order valence-electron chi connectivity index (χ1n) is 7.70. The van der Waals surface area contributed by atoms with Gasteiger partial charge in [-0.05, 0) is 24.6 Å². The Morgan fingerprint density at radius 3 is 2.54 bits per heavy atom. The molecule has 1 aliphatic rings. The fourth-order valence-electron chi connectivity index (χ4n) is 2.63. The van der Waals surface area contributed by atoms with E-state index in [1.165, 1.54) is 0 Å². The zero-order chi connectivity index (χ0) is 17.9. The number of hydrogen-bond donors (Lipinski definition) is 1. The van der Waals surface area contributed by atoms with E-state index in [1.807, 2.05) is 20.8 Å². The molecule has 0 spiro atoms. The number of pyridine rings is 1. The molecule has 6 heteroatoms. The predicted molar refractivity (Wildman–Crippen MR) is 88.0 cm³/mol. The molecule has 1 aromatic rings. The Bertz CT molecular complexity index is 737. The minimum absolute atomic E-state index is 0.0285. The quantitative estimate of drug-likeness (QED) is 0.857. The van der Waals surface area contributed by atoms with Gasteiger partial charge in [-0.3, -0.25) is 4.98 Å². The minimum atomic E-state index is -0.639. The second-order valence-electron chi connectivity index (χ2n) is 6.42. The first-order chi connectivity index (χ1) is 11.3. The summed E-state index contributed by atoms with van der Waals surface area (Å²) in [5.41, 5.74) is 6.83. The number of esters is 1. The highest BCUT2D eigenvalue weighted by Gasteiger charge is 2.40. The average molecular weight is 327 g/mol. The number of nitrogens with zero attached hydrogens (tertiary/aromatic N) is 2. The van der Waals surface area contributed by atoms with Crippen LogP contribution in [0.3, 0.4) is 0 Å². The van der Waals surface area contributed by atoms with Gasteiger partial charge in [-0.25, -0.2) is 4.79 Å². The van der Waals surface area contributed by atoms with Crippen LogP contribution >= 0.6 is 0 Å². The Morgan fingerprint density at radius 2 is 2.04 bits per heavy atom. The molecule has 0 radical (unpaired) electrons. The molecule has 2 N–H and O–H groups in total. The molecule has 0 fully saturated rings. The molecule has 24 heavy (non-hydrogen) atoms. The van der Waals surface area contributed by atoms with E-state index >= 15 is 0 Å². The summed E-state index contributed by atoms with van der Waals surface area (Å²) in [5.74, 6) is -0.797. The highest BCUT2D eigenvalue weighted by Crippen LogP contribution is 2.44. The maximum absolute atomic E-state index is 12.4.